The van der Waals surface area contributed by atoms with Crippen LogP contribution in [0.1, 0.15) is 36.5 Å². The van der Waals surface area contributed by atoms with Crippen LogP contribution < -0.4 is 5.32 Å². The summed E-state index contributed by atoms with van der Waals surface area (Å²) in [6.07, 6.45) is 3.46. The highest BCUT2D eigenvalue weighted by Gasteiger charge is 2.37. The summed E-state index contributed by atoms with van der Waals surface area (Å²) in [5, 5.41) is 9.60. The van der Waals surface area contributed by atoms with Crippen molar-refractivity contribution in [2.24, 2.45) is 5.92 Å². The number of nitrogens with zero attached hydrogens (tertiary/aromatic N) is 1. The number of aromatic amines is 1. The average molecular weight is 303 g/mol. The van der Waals surface area contributed by atoms with Crippen molar-refractivity contribution >= 4 is 18.1 Å². The van der Waals surface area contributed by atoms with Crippen LogP contribution >= 0.6 is 12.2 Å². The van der Waals surface area contributed by atoms with Crippen molar-refractivity contribution in [1.29, 1.82) is 0 Å². The summed E-state index contributed by atoms with van der Waals surface area (Å²) in [7, 11) is 0. The Morgan fingerprint density at radius 2 is 2.24 bits per heavy atom. The Bertz CT molecular complexity index is 689. The minimum absolute atomic E-state index is 0.0203. The number of hydrogen-bond donors (Lipinski definition) is 2. The molecule has 3 rings (SSSR count). The molecular weight excluding hydrogens is 286 g/mol. The van der Waals surface area contributed by atoms with Gasteiger partial charge in [0.25, 0.3) is 10.7 Å². The maximum Gasteiger partial charge on any atom is 0.284 e. The molecule has 5 nitrogen and oxygen atoms in total. The zero-order chi connectivity index (χ0) is 14.8. The fraction of sp³-hybridized carbons (Fsp3) is 0.400. The van der Waals surface area contributed by atoms with Crippen molar-refractivity contribution in [1.82, 2.24) is 15.5 Å². The van der Waals surface area contributed by atoms with Crippen LogP contribution in [0.4, 0.5) is 0 Å². The molecule has 6 heteroatoms. The van der Waals surface area contributed by atoms with Gasteiger partial charge < -0.3 is 9.73 Å². The van der Waals surface area contributed by atoms with Crippen LogP contribution in [0.5, 0.6) is 0 Å². The van der Waals surface area contributed by atoms with Crippen LogP contribution in [-0.4, -0.2) is 22.1 Å². The van der Waals surface area contributed by atoms with Crippen molar-refractivity contribution in [3.8, 4) is 11.5 Å². The number of amides is 1. The lowest BCUT2D eigenvalue weighted by atomic mass is 10.1. The molecule has 1 fully saturated rings. The van der Waals surface area contributed by atoms with Gasteiger partial charge in [0.2, 0.25) is 5.89 Å². The molecule has 0 saturated heterocycles. The zero-order valence-electron chi connectivity index (χ0n) is 11.8. The normalized spacial score (nSPS) is 20.2. The van der Waals surface area contributed by atoms with Crippen LogP contribution in [-0.2, 0) is 0 Å². The Morgan fingerprint density at radius 1 is 1.48 bits per heavy atom. The van der Waals surface area contributed by atoms with Crippen LogP contribution in [0, 0.1) is 10.8 Å². The predicted octanol–water partition coefficient (Wildman–Crippen LogP) is 3.32. The molecule has 0 radical (unpaired) electrons. The van der Waals surface area contributed by atoms with Crippen molar-refractivity contribution in [2.75, 3.05) is 0 Å². The second-order valence-corrected chi connectivity index (χ2v) is 5.73. The zero-order valence-corrected chi connectivity index (χ0v) is 12.6. The SMILES string of the molecule is CCC[C@@H]1C[C@@H]1NC(=O)c1ccc(-c2n[nH]c(=S)o2)cc1. The van der Waals surface area contributed by atoms with E-state index < -0.39 is 0 Å². The van der Waals surface area contributed by atoms with Gasteiger partial charge in [0.05, 0.1) is 0 Å². The average Bonchev–Trinajstić information content (AvgIpc) is 3.06. The van der Waals surface area contributed by atoms with Gasteiger partial charge in [0, 0.05) is 17.2 Å². The molecular formula is C15H17N3O2S. The highest BCUT2D eigenvalue weighted by molar-refractivity contribution is 7.71. The Morgan fingerprint density at radius 3 is 2.86 bits per heavy atom. The first-order valence-corrected chi connectivity index (χ1v) is 7.55. The van der Waals surface area contributed by atoms with Gasteiger partial charge in [-0.1, -0.05) is 13.3 Å². The number of hydrogen-bond acceptors (Lipinski definition) is 4. The third-order valence-electron chi connectivity index (χ3n) is 3.73. The first kappa shape index (κ1) is 14.0. The summed E-state index contributed by atoms with van der Waals surface area (Å²) in [6, 6.07) is 7.50. The summed E-state index contributed by atoms with van der Waals surface area (Å²) in [5.74, 6) is 1.07. The van der Waals surface area contributed by atoms with E-state index in [1.165, 1.54) is 12.8 Å². The number of carbonyl (C=O) groups excluding carboxylic acids is 1. The van der Waals surface area contributed by atoms with Crippen LogP contribution in [0.3, 0.4) is 0 Å². The van der Waals surface area contributed by atoms with Gasteiger partial charge >= 0.3 is 0 Å². The van der Waals surface area contributed by atoms with Gasteiger partial charge in [0.1, 0.15) is 0 Å². The van der Waals surface area contributed by atoms with Crippen LogP contribution in [0.15, 0.2) is 28.7 Å². The molecule has 1 heterocycles. The third kappa shape index (κ3) is 3.21. The molecule has 2 N–H and O–H groups in total. The molecule has 1 aromatic carbocycles. The molecule has 1 saturated carbocycles. The summed E-state index contributed by atoms with van der Waals surface area (Å²) in [4.78, 5) is 12.4. The molecule has 1 aliphatic rings. The quantitative estimate of drug-likeness (QED) is 0.831. The highest BCUT2D eigenvalue weighted by atomic mass is 32.1. The molecule has 0 aliphatic heterocycles. The molecule has 2 aromatic rings. The maximum atomic E-state index is 12.1. The van der Waals surface area contributed by atoms with Gasteiger partial charge in [-0.15, -0.1) is 5.10 Å². The van der Waals surface area contributed by atoms with E-state index >= 15 is 0 Å². The topological polar surface area (TPSA) is 70.9 Å². The maximum absolute atomic E-state index is 12.1. The minimum Gasteiger partial charge on any atom is -0.409 e. The van der Waals surface area contributed by atoms with Crippen LogP contribution in [0.25, 0.3) is 11.5 Å². The molecule has 0 bridgehead atoms. The molecule has 0 unspecified atom stereocenters. The smallest absolute Gasteiger partial charge is 0.284 e. The number of H-pyrrole nitrogens is 1. The van der Waals surface area contributed by atoms with E-state index in [4.69, 9.17) is 16.6 Å². The third-order valence-corrected chi connectivity index (χ3v) is 3.91. The number of rotatable bonds is 5. The predicted molar refractivity (Wildman–Crippen MR) is 81.4 cm³/mol. The fourth-order valence-electron chi connectivity index (χ4n) is 2.48. The van der Waals surface area contributed by atoms with Crippen molar-refractivity contribution in [2.45, 2.75) is 32.2 Å². The van der Waals surface area contributed by atoms with Crippen LogP contribution in [0.2, 0.25) is 0 Å². The lowest BCUT2D eigenvalue weighted by Gasteiger charge is -2.05. The van der Waals surface area contributed by atoms with Crippen molar-refractivity contribution < 1.29 is 9.21 Å². The van der Waals surface area contributed by atoms with E-state index in [0.29, 0.717) is 23.4 Å². The standard InChI is InChI=1S/C15H17N3O2S/c1-2-3-11-8-12(11)16-13(19)9-4-6-10(7-5-9)14-17-18-15(21)20-14/h4-7,11-12H,2-3,8H2,1H3,(H,16,19)(H,18,21)/t11-,12+/m1/s1. The van der Waals surface area contributed by atoms with E-state index in [1.807, 2.05) is 0 Å². The minimum atomic E-state index is -0.0203. The Labute approximate surface area is 127 Å². The largest absolute Gasteiger partial charge is 0.409 e. The van der Waals surface area contributed by atoms with Gasteiger partial charge in [-0.2, -0.15) is 0 Å². The molecule has 1 aliphatic carbocycles. The summed E-state index contributed by atoms with van der Waals surface area (Å²) < 4.78 is 5.23. The second-order valence-electron chi connectivity index (χ2n) is 5.36. The Balaban J connectivity index is 1.64. The Hall–Kier alpha value is -1.95. The number of benzene rings is 1. The molecule has 2 atom stereocenters. The fourth-order valence-corrected chi connectivity index (χ4v) is 2.61. The Kier molecular flexibility index (Phi) is 3.88. The number of carbonyl (C=O) groups is 1. The monoisotopic (exact) mass is 303 g/mol. The second kappa shape index (κ2) is 5.81. The van der Waals surface area contributed by atoms with Gasteiger partial charge in [-0.05, 0) is 55.2 Å². The van der Waals surface area contributed by atoms with E-state index in [0.717, 1.165) is 12.0 Å². The first-order valence-electron chi connectivity index (χ1n) is 7.14. The number of aromatic nitrogens is 2. The summed E-state index contributed by atoms with van der Waals surface area (Å²) in [6.45, 7) is 2.17. The van der Waals surface area contributed by atoms with E-state index in [9.17, 15) is 4.79 Å². The summed E-state index contributed by atoms with van der Waals surface area (Å²) >= 11 is 4.84. The molecule has 0 spiro atoms. The van der Waals surface area contributed by atoms with E-state index in [-0.39, 0.29) is 10.7 Å². The van der Waals surface area contributed by atoms with Gasteiger partial charge in [0.15, 0.2) is 0 Å². The lowest BCUT2D eigenvalue weighted by molar-refractivity contribution is 0.0949. The molecule has 1 aromatic heterocycles. The van der Waals surface area contributed by atoms with Crippen molar-refractivity contribution in [3.63, 3.8) is 0 Å². The summed E-state index contributed by atoms with van der Waals surface area (Å²) in [5.41, 5.74) is 1.43. The lowest BCUT2D eigenvalue weighted by Crippen LogP contribution is -2.26. The molecule has 1 amide bonds. The highest BCUT2D eigenvalue weighted by Crippen LogP contribution is 2.34. The van der Waals surface area contributed by atoms with E-state index in [1.54, 1.807) is 24.3 Å². The van der Waals surface area contributed by atoms with Gasteiger partial charge in [-0.3, -0.25) is 4.79 Å². The molecule has 21 heavy (non-hydrogen) atoms. The number of nitrogens with one attached hydrogen (secondary N) is 2. The van der Waals surface area contributed by atoms with Gasteiger partial charge in [-0.25, -0.2) is 5.10 Å². The van der Waals surface area contributed by atoms with E-state index in [2.05, 4.69) is 22.4 Å². The van der Waals surface area contributed by atoms with Crippen molar-refractivity contribution in [3.05, 3.63) is 34.7 Å². The first-order chi connectivity index (χ1) is 10.2. The molecule has 110 valence electrons.